The molecule has 2 aliphatic heterocycles. The van der Waals surface area contributed by atoms with Crippen molar-refractivity contribution in [3.05, 3.63) is 373 Å². The van der Waals surface area contributed by atoms with E-state index in [9.17, 15) is 0 Å². The number of nitrogens with one attached hydrogen (secondary N) is 3. The number of benzene rings is 17. The number of hydrogen-bond acceptors (Lipinski definition) is 11. The number of anilines is 3. The summed E-state index contributed by atoms with van der Waals surface area (Å²) >= 11 is 7.45. The minimum atomic E-state index is -0.362. The Morgan fingerprint density at radius 2 is 0.910 bits per heavy atom. The summed E-state index contributed by atoms with van der Waals surface area (Å²) in [5.74, 6) is 3.00. The van der Waals surface area contributed by atoms with Gasteiger partial charge in [0.05, 0.1) is 51.1 Å². The van der Waals surface area contributed by atoms with Gasteiger partial charge in [-0.2, -0.15) is 0 Å². The van der Waals surface area contributed by atoms with Gasteiger partial charge in [-0.1, -0.05) is 233 Å². The van der Waals surface area contributed by atoms with Gasteiger partial charge in [0.1, 0.15) is 39.5 Å². The van der Waals surface area contributed by atoms with Crippen LogP contribution in [0.15, 0.2) is 349 Å². The molecule has 4 aliphatic rings. The topological polar surface area (TPSA) is 102 Å². The molecule has 0 spiro atoms. The molecule has 30 rings (SSSR count). The molecule has 0 bridgehead atoms. The van der Waals surface area contributed by atoms with Crippen LogP contribution in [-0.2, 0) is 11.8 Å². The van der Waals surface area contributed by atoms with Gasteiger partial charge in [0, 0.05) is 137 Å². The van der Waals surface area contributed by atoms with Crippen molar-refractivity contribution in [2.45, 2.75) is 50.7 Å². The number of rotatable bonds is 7. The number of para-hydroxylation sites is 2. The third-order valence-electron chi connectivity index (χ3n) is 29.5. The first-order valence-corrected chi connectivity index (χ1v) is 49.2. The number of furan rings is 1. The minimum absolute atomic E-state index is 0.165. The average Bonchev–Trinajstić information content (AvgIpc) is 1.57. The van der Waals surface area contributed by atoms with E-state index < -0.39 is 0 Å². The Balaban J connectivity index is 0.538. The number of aromatic nitrogens is 5. The summed E-state index contributed by atoms with van der Waals surface area (Å²) < 4.78 is 21.9. The van der Waals surface area contributed by atoms with Crippen LogP contribution in [0.4, 0.5) is 22.3 Å². The van der Waals surface area contributed by atoms with Crippen LogP contribution in [0.1, 0.15) is 71.7 Å². The van der Waals surface area contributed by atoms with Crippen LogP contribution in [0.25, 0.3) is 226 Å². The van der Waals surface area contributed by atoms with Crippen LogP contribution < -0.4 is 16.0 Å². The number of allylic oxidation sites excluding steroid dienone is 1. The maximum Gasteiger partial charge on any atom is 0.218 e. The van der Waals surface area contributed by atoms with E-state index >= 15 is 0 Å². The zero-order valence-electron chi connectivity index (χ0n) is 72.4. The fraction of sp³-hybridized carbons (Fsp3) is 0.0840. The van der Waals surface area contributed by atoms with Crippen molar-refractivity contribution in [2.75, 3.05) is 22.5 Å². The van der Waals surface area contributed by atoms with Crippen LogP contribution in [0.2, 0.25) is 0 Å². The van der Waals surface area contributed by atoms with Crippen LogP contribution in [0.3, 0.4) is 0 Å². The molecule has 26 aromatic rings. The molecule has 0 amide bonds. The van der Waals surface area contributed by atoms with Crippen molar-refractivity contribution >= 4 is 249 Å². The van der Waals surface area contributed by atoms with Gasteiger partial charge in [0.25, 0.3) is 0 Å². The van der Waals surface area contributed by atoms with Gasteiger partial charge in [-0.25, -0.2) is 15.0 Å². The Hall–Kier alpha value is -15.3. The lowest BCUT2D eigenvalue weighted by Crippen LogP contribution is -2.29. The molecule has 9 aromatic heterocycles. The minimum Gasteiger partial charge on any atom is -0.438 e. The smallest absolute Gasteiger partial charge is 0.218 e. The van der Waals surface area contributed by atoms with Crippen LogP contribution in [0.5, 0.6) is 0 Å². The molecule has 10 nitrogen and oxygen atoms in total. The Bertz CT molecular complexity index is 9780. The second kappa shape index (κ2) is 27.7. The number of thiophene rings is 4. The van der Waals surface area contributed by atoms with Gasteiger partial charge in [0.2, 0.25) is 5.88 Å². The van der Waals surface area contributed by atoms with E-state index in [1.165, 1.54) is 164 Å². The average molecular weight is 1780 g/mol. The molecule has 14 heteroatoms. The van der Waals surface area contributed by atoms with Crippen molar-refractivity contribution in [1.82, 2.24) is 23.7 Å². The molecule has 4 atom stereocenters. The summed E-state index contributed by atoms with van der Waals surface area (Å²) in [7, 11) is 0. The molecule has 0 saturated carbocycles. The van der Waals surface area contributed by atoms with E-state index in [0.29, 0.717) is 12.5 Å². The summed E-state index contributed by atoms with van der Waals surface area (Å²) in [4.78, 5) is 19.0. The molecular weight excluding hydrogens is 1700 g/mol. The lowest BCUT2D eigenvalue weighted by molar-refractivity contribution is 0.478. The predicted octanol–water partition coefficient (Wildman–Crippen LogP) is 33.2. The van der Waals surface area contributed by atoms with Crippen molar-refractivity contribution < 1.29 is 4.42 Å². The Morgan fingerprint density at radius 1 is 0.391 bits per heavy atom. The molecule has 628 valence electrons. The van der Waals surface area contributed by atoms with Crippen molar-refractivity contribution in [3.63, 3.8) is 0 Å². The van der Waals surface area contributed by atoms with Gasteiger partial charge in [-0.3, -0.25) is 9.13 Å². The second-order valence-corrected chi connectivity index (χ2v) is 41.8. The second-order valence-electron chi connectivity index (χ2n) is 37.5. The van der Waals surface area contributed by atoms with E-state index in [2.05, 4.69) is 396 Å². The van der Waals surface area contributed by atoms with Crippen LogP contribution >= 0.6 is 45.3 Å². The Kier molecular flexibility index (Phi) is 15.5. The van der Waals surface area contributed by atoms with Gasteiger partial charge >= 0.3 is 0 Å². The fourth-order valence-electron chi connectivity index (χ4n) is 23.1. The highest BCUT2D eigenvalue weighted by Gasteiger charge is 2.41. The molecule has 0 fully saturated rings. The van der Waals surface area contributed by atoms with E-state index in [-0.39, 0.29) is 23.5 Å². The molecule has 0 radical (unpaired) electrons. The molecule has 11 heterocycles. The van der Waals surface area contributed by atoms with Crippen molar-refractivity contribution in [2.24, 2.45) is 10.9 Å². The predicted molar refractivity (Wildman–Crippen MR) is 565 cm³/mol. The Morgan fingerprint density at radius 3 is 1.67 bits per heavy atom. The van der Waals surface area contributed by atoms with E-state index in [1.807, 2.05) is 45.3 Å². The first-order chi connectivity index (χ1) is 65.5. The molecule has 3 N–H and O–H groups in total. The molecule has 133 heavy (non-hydrogen) atoms. The highest BCUT2D eigenvalue weighted by molar-refractivity contribution is 7.26. The summed E-state index contributed by atoms with van der Waals surface area (Å²) in [6.45, 7) is 7.53. The number of fused-ring (bicyclic) bond motifs is 30. The first-order valence-electron chi connectivity index (χ1n) is 45.9. The summed E-state index contributed by atoms with van der Waals surface area (Å²) in [5, 5.41) is 36.4. The Labute approximate surface area is 777 Å². The first kappa shape index (κ1) is 74.5. The van der Waals surface area contributed by atoms with Crippen molar-refractivity contribution in [1.29, 1.82) is 0 Å². The number of nitrogens with zero attached hydrogens (tertiary/aromatic N) is 6. The lowest BCUT2D eigenvalue weighted by Gasteiger charge is -2.29. The maximum absolute atomic E-state index is 6.94. The zero-order valence-corrected chi connectivity index (χ0v) is 75.6. The lowest BCUT2D eigenvalue weighted by atomic mass is 9.85. The molecule has 0 saturated heterocycles. The maximum atomic E-state index is 6.94. The third kappa shape index (κ3) is 10.9. The zero-order chi connectivity index (χ0) is 87.1. The molecule has 17 aromatic carbocycles. The highest BCUT2D eigenvalue weighted by Crippen LogP contribution is 2.55. The largest absolute Gasteiger partial charge is 0.438 e. The SMILES string of the molecule is C[C@H]1C=Cc2c(sc3c2N=C(n2c4ccccc4c4cc5ccccc5cc42)C(c2ccc4sc5ccc(-c6ccc7c(c6)c6cc8ccccc8cc6n7C6CNc7c(oc8ccccc78)NC6c6ccc7sc8cc(-c9ccc%10c(c9)c9cc%11ccccc%11cc9n%10-c9nc%10c(nc9-c9ccc%11c(c9)sc9ccccc9%11)C(C)(C)c9ccccc9-%10)ccc8c7c6)cc5c4c2)N3)C1. The van der Waals surface area contributed by atoms with Crippen LogP contribution in [0, 0.1) is 5.92 Å². The standard InChI is InChI=1S/C119H77N9OS4/c1-63-32-40-83-105(48-63)133-118-113(83)123-116(127-93-29-15-11-24-77(93)84-49-64-18-4-8-22-68(64)58-97(84)127)110(125-118)75-39-47-104-91(56-75)90-54-72(37-45-103(90)130-104)70-35-43-94-85(52-70)87-50-65-19-5-7-21-67(65)57-96(87)126(94)99-62-120-112-82-27-12-16-30-100(82)129-117(112)124-108(99)74-38-46-102-89(55-74)80-41-33-73(60-106(80)132-102)71-36-44-95-86(53-71)88-51-66-20-6-9-23-69(66)59-98(88)128(95)115-109(76-34-42-79-78-25-13-17-31-101(78)131-107(79)61-76)121-114-111(122-115)81-26-10-14-28-92(81)119(114,2)3/h4-47,49-61,63,99,108,110,120,124-125H,48,62H2,1-3H3/t63-,99?,108?,110?/m0/s1. The monoisotopic (exact) mass is 1780 g/mol. The van der Waals surface area contributed by atoms with E-state index in [4.69, 9.17) is 19.4 Å². The third-order valence-corrected chi connectivity index (χ3v) is 34.1. The van der Waals surface area contributed by atoms with E-state index in [0.717, 1.165) is 123 Å². The highest BCUT2D eigenvalue weighted by atomic mass is 32.1. The van der Waals surface area contributed by atoms with E-state index in [1.54, 1.807) is 0 Å². The summed E-state index contributed by atoms with van der Waals surface area (Å²) in [5.41, 5.74) is 23.8. The molecule has 3 unspecified atom stereocenters. The number of aliphatic imine (C=N–C) groups is 1. The van der Waals surface area contributed by atoms with Crippen molar-refractivity contribution in [3.8, 4) is 50.6 Å². The summed E-state index contributed by atoms with van der Waals surface area (Å²) in [6, 6.07) is 125. The van der Waals surface area contributed by atoms with Gasteiger partial charge in [0.15, 0.2) is 5.82 Å². The quantitative estimate of drug-likeness (QED) is 0.147. The van der Waals surface area contributed by atoms with Gasteiger partial charge in [-0.15, -0.1) is 45.3 Å². The number of hydrogen-bond donors (Lipinski definition) is 3. The summed E-state index contributed by atoms with van der Waals surface area (Å²) in [6.07, 6.45) is 5.68. The fourth-order valence-corrected chi connectivity index (χ4v) is 27.7. The van der Waals surface area contributed by atoms with Gasteiger partial charge in [-0.05, 0) is 217 Å². The molecular formula is C119H77N9OS4. The van der Waals surface area contributed by atoms with Crippen LogP contribution in [-0.4, -0.2) is 36.0 Å². The van der Waals surface area contributed by atoms with Gasteiger partial charge < -0.3 is 24.9 Å². The normalized spacial score (nSPS) is 16.4. The molecule has 2 aliphatic carbocycles.